The number of aromatic amines is 1. The van der Waals surface area contributed by atoms with Crippen LogP contribution < -0.4 is 5.56 Å². The molecule has 2 heterocycles. The Balaban J connectivity index is 2.26. The van der Waals surface area contributed by atoms with Crippen LogP contribution in [-0.2, 0) is 6.42 Å². The zero-order chi connectivity index (χ0) is 12.8. The van der Waals surface area contributed by atoms with E-state index in [1.165, 1.54) is 18.9 Å². The minimum absolute atomic E-state index is 0.213. The van der Waals surface area contributed by atoms with Gasteiger partial charge in [-0.05, 0) is 18.9 Å². The van der Waals surface area contributed by atoms with E-state index in [-0.39, 0.29) is 5.56 Å². The summed E-state index contributed by atoms with van der Waals surface area (Å²) in [6.07, 6.45) is 7.66. The highest BCUT2D eigenvalue weighted by molar-refractivity contribution is 5.55. The quantitative estimate of drug-likeness (QED) is 0.816. The number of aryl methyl sites for hydroxylation is 1. The Kier molecular flexibility index (Phi) is 4.17. The second-order valence-corrected chi connectivity index (χ2v) is 4.12. The summed E-state index contributed by atoms with van der Waals surface area (Å²) in [6, 6.07) is 3.12. The summed E-state index contributed by atoms with van der Waals surface area (Å²) in [5, 5.41) is 6.42. The highest BCUT2D eigenvalue weighted by Gasteiger charge is 2.08. The first kappa shape index (κ1) is 12.4. The lowest BCUT2D eigenvalue weighted by Crippen LogP contribution is -2.07. The SMILES string of the molecule is CCCCCc1nccnc1-c1ccc(=O)[nH]n1. The van der Waals surface area contributed by atoms with Gasteiger partial charge in [0, 0.05) is 18.5 Å². The molecule has 0 saturated carbocycles. The number of H-pyrrole nitrogens is 1. The Bertz CT molecular complexity index is 544. The molecule has 1 N–H and O–H groups in total. The maximum atomic E-state index is 11.0. The van der Waals surface area contributed by atoms with E-state index in [0.29, 0.717) is 5.69 Å². The summed E-state index contributed by atoms with van der Waals surface area (Å²) in [4.78, 5) is 19.7. The van der Waals surface area contributed by atoms with Crippen molar-refractivity contribution in [3.8, 4) is 11.4 Å². The normalized spacial score (nSPS) is 10.5. The summed E-state index contributed by atoms with van der Waals surface area (Å²) < 4.78 is 0. The third kappa shape index (κ3) is 3.00. The Hall–Kier alpha value is -2.04. The molecule has 0 aliphatic carbocycles. The smallest absolute Gasteiger partial charge is 0.264 e. The lowest BCUT2D eigenvalue weighted by molar-refractivity contribution is 0.705. The molecule has 0 unspecified atom stereocenters. The third-order valence-corrected chi connectivity index (χ3v) is 2.71. The first-order valence-corrected chi connectivity index (χ1v) is 6.17. The fourth-order valence-electron chi connectivity index (χ4n) is 1.78. The minimum Gasteiger partial charge on any atom is -0.268 e. The van der Waals surface area contributed by atoms with Crippen LogP contribution in [0.25, 0.3) is 11.4 Å². The first-order chi connectivity index (χ1) is 8.81. The maximum absolute atomic E-state index is 11.0. The summed E-state index contributed by atoms with van der Waals surface area (Å²) in [7, 11) is 0. The molecule has 5 heteroatoms. The largest absolute Gasteiger partial charge is 0.268 e. The zero-order valence-corrected chi connectivity index (χ0v) is 10.4. The standard InChI is InChI=1S/C13H16N4O/c1-2-3-4-5-10-13(15-9-8-14-10)11-6-7-12(18)17-16-11/h6-9H,2-5H2,1H3,(H,17,18). The highest BCUT2D eigenvalue weighted by Crippen LogP contribution is 2.17. The molecule has 0 atom stereocenters. The van der Waals surface area contributed by atoms with Crippen LogP contribution >= 0.6 is 0 Å². The lowest BCUT2D eigenvalue weighted by Gasteiger charge is -2.05. The summed E-state index contributed by atoms with van der Waals surface area (Å²) in [5.41, 5.74) is 2.14. The van der Waals surface area contributed by atoms with Gasteiger partial charge < -0.3 is 0 Å². The first-order valence-electron chi connectivity index (χ1n) is 6.17. The van der Waals surface area contributed by atoms with E-state index in [1.807, 2.05) is 0 Å². The lowest BCUT2D eigenvalue weighted by atomic mass is 10.1. The average molecular weight is 244 g/mol. The van der Waals surface area contributed by atoms with Gasteiger partial charge in [-0.25, -0.2) is 5.10 Å². The molecule has 94 valence electrons. The van der Waals surface area contributed by atoms with Gasteiger partial charge in [-0.1, -0.05) is 19.8 Å². The van der Waals surface area contributed by atoms with Crippen molar-refractivity contribution in [2.75, 3.05) is 0 Å². The highest BCUT2D eigenvalue weighted by atomic mass is 16.1. The molecule has 0 aliphatic heterocycles. The van der Waals surface area contributed by atoms with Crippen LogP contribution in [0.1, 0.15) is 31.9 Å². The van der Waals surface area contributed by atoms with Crippen LogP contribution in [0.15, 0.2) is 29.3 Å². The summed E-state index contributed by atoms with van der Waals surface area (Å²) in [6.45, 7) is 2.17. The monoisotopic (exact) mass is 244 g/mol. The number of nitrogens with zero attached hydrogens (tertiary/aromatic N) is 3. The fourth-order valence-corrected chi connectivity index (χ4v) is 1.78. The molecule has 2 aromatic heterocycles. The molecule has 0 bridgehead atoms. The van der Waals surface area contributed by atoms with Gasteiger partial charge in [-0.3, -0.25) is 14.8 Å². The molecule has 0 amide bonds. The van der Waals surface area contributed by atoms with Gasteiger partial charge in [0.25, 0.3) is 5.56 Å². The Morgan fingerprint density at radius 3 is 2.72 bits per heavy atom. The molecule has 5 nitrogen and oxygen atoms in total. The van der Waals surface area contributed by atoms with E-state index in [4.69, 9.17) is 0 Å². The summed E-state index contributed by atoms with van der Waals surface area (Å²) in [5.74, 6) is 0. The molecule has 0 radical (unpaired) electrons. The molecule has 0 fully saturated rings. The van der Waals surface area contributed by atoms with Crippen LogP contribution in [0.4, 0.5) is 0 Å². The van der Waals surface area contributed by atoms with Gasteiger partial charge in [-0.15, -0.1) is 0 Å². The Morgan fingerprint density at radius 1 is 1.17 bits per heavy atom. The molecular weight excluding hydrogens is 228 g/mol. The van der Waals surface area contributed by atoms with E-state index in [0.717, 1.165) is 24.2 Å². The number of hydrogen-bond acceptors (Lipinski definition) is 4. The molecule has 2 rings (SSSR count). The molecule has 0 saturated heterocycles. The third-order valence-electron chi connectivity index (χ3n) is 2.71. The molecule has 18 heavy (non-hydrogen) atoms. The average Bonchev–Trinajstić information content (AvgIpc) is 2.41. The van der Waals surface area contributed by atoms with Gasteiger partial charge in [0.05, 0.1) is 5.69 Å². The van der Waals surface area contributed by atoms with Crippen LogP contribution in [0.2, 0.25) is 0 Å². The van der Waals surface area contributed by atoms with Gasteiger partial charge >= 0.3 is 0 Å². The van der Waals surface area contributed by atoms with Gasteiger partial charge in [0.2, 0.25) is 0 Å². The predicted molar refractivity (Wildman–Crippen MR) is 69.1 cm³/mol. The van der Waals surface area contributed by atoms with Crippen LogP contribution in [0.3, 0.4) is 0 Å². The number of rotatable bonds is 5. The fraction of sp³-hybridized carbons (Fsp3) is 0.385. The van der Waals surface area contributed by atoms with E-state index in [1.54, 1.807) is 18.5 Å². The van der Waals surface area contributed by atoms with E-state index >= 15 is 0 Å². The molecule has 0 aromatic carbocycles. The minimum atomic E-state index is -0.213. The van der Waals surface area contributed by atoms with Crippen molar-refractivity contribution >= 4 is 0 Å². The zero-order valence-electron chi connectivity index (χ0n) is 10.4. The van der Waals surface area contributed by atoms with Crippen molar-refractivity contribution in [2.24, 2.45) is 0 Å². The number of hydrogen-bond donors (Lipinski definition) is 1. The Morgan fingerprint density at radius 2 is 2.00 bits per heavy atom. The van der Waals surface area contributed by atoms with E-state index < -0.39 is 0 Å². The summed E-state index contributed by atoms with van der Waals surface area (Å²) >= 11 is 0. The van der Waals surface area contributed by atoms with Gasteiger partial charge in [-0.2, -0.15) is 5.10 Å². The van der Waals surface area contributed by atoms with E-state index in [9.17, 15) is 4.79 Å². The molecule has 0 aliphatic rings. The molecule has 0 spiro atoms. The van der Waals surface area contributed by atoms with Crippen molar-refractivity contribution in [2.45, 2.75) is 32.6 Å². The van der Waals surface area contributed by atoms with Gasteiger partial charge in [0.15, 0.2) is 0 Å². The van der Waals surface area contributed by atoms with Crippen molar-refractivity contribution in [1.29, 1.82) is 0 Å². The van der Waals surface area contributed by atoms with E-state index in [2.05, 4.69) is 27.1 Å². The van der Waals surface area contributed by atoms with Crippen LogP contribution in [0.5, 0.6) is 0 Å². The second-order valence-electron chi connectivity index (χ2n) is 4.12. The van der Waals surface area contributed by atoms with Crippen molar-refractivity contribution in [3.05, 3.63) is 40.6 Å². The number of aromatic nitrogens is 4. The van der Waals surface area contributed by atoms with Crippen LogP contribution in [-0.4, -0.2) is 20.2 Å². The predicted octanol–water partition coefficient (Wildman–Crippen LogP) is 1.96. The maximum Gasteiger partial charge on any atom is 0.264 e. The van der Waals surface area contributed by atoms with Crippen LogP contribution in [0, 0.1) is 0 Å². The van der Waals surface area contributed by atoms with Gasteiger partial charge in [0.1, 0.15) is 11.4 Å². The molecule has 2 aromatic rings. The number of nitrogens with one attached hydrogen (secondary N) is 1. The Labute approximate surface area is 105 Å². The van der Waals surface area contributed by atoms with Crippen molar-refractivity contribution in [3.63, 3.8) is 0 Å². The second kappa shape index (κ2) is 6.05. The van der Waals surface area contributed by atoms with Crippen molar-refractivity contribution < 1.29 is 0 Å². The number of unbranched alkanes of at least 4 members (excludes halogenated alkanes) is 2. The molecular formula is C13H16N4O. The topological polar surface area (TPSA) is 71.5 Å². The van der Waals surface area contributed by atoms with Crippen molar-refractivity contribution in [1.82, 2.24) is 20.2 Å².